The molecule has 0 spiro atoms. The van der Waals surface area contributed by atoms with Gasteiger partial charge >= 0.3 is 0 Å². The zero-order chi connectivity index (χ0) is 8.41. The molecule has 0 aliphatic carbocycles. The van der Waals surface area contributed by atoms with E-state index in [1.807, 2.05) is 0 Å². The first-order valence-electron chi connectivity index (χ1n) is 2.89. The van der Waals surface area contributed by atoms with Crippen LogP contribution in [0.2, 0.25) is 0 Å². The molecule has 5 heteroatoms. The van der Waals surface area contributed by atoms with Crippen molar-refractivity contribution in [3.05, 3.63) is 0 Å². The van der Waals surface area contributed by atoms with Crippen molar-refractivity contribution in [3.8, 4) is 0 Å². The molecule has 3 nitrogen and oxygen atoms in total. The van der Waals surface area contributed by atoms with Gasteiger partial charge in [-0.1, -0.05) is 6.92 Å². The lowest BCUT2D eigenvalue weighted by atomic mass is 11.0. The Morgan fingerprint density at radius 2 is 1.70 bits per heavy atom. The summed E-state index contributed by atoms with van der Waals surface area (Å²) in [6.45, 7) is 1.56. The van der Waals surface area contributed by atoms with Crippen molar-refractivity contribution < 1.29 is 12.6 Å². The number of rotatable bonds is 3. The molecule has 0 amide bonds. The molecule has 0 bridgehead atoms. The SMILES string of the molecule is CCS(=O)(=O)C[S+](C)(C)=O. The van der Waals surface area contributed by atoms with Crippen molar-refractivity contribution >= 4 is 19.8 Å². The maximum absolute atomic E-state index is 11.0. The van der Waals surface area contributed by atoms with Gasteiger partial charge in [0, 0.05) is 0 Å². The van der Waals surface area contributed by atoms with Crippen LogP contribution in [0.25, 0.3) is 0 Å². The smallest absolute Gasteiger partial charge is 0.211 e. The highest BCUT2D eigenvalue weighted by Crippen LogP contribution is 2.00. The second-order valence-corrected chi connectivity index (χ2v) is 8.47. The summed E-state index contributed by atoms with van der Waals surface area (Å²) in [5.41, 5.74) is 0. The normalized spacial score (nSPS) is 13.5. The first-order chi connectivity index (χ1) is 4.27. The summed E-state index contributed by atoms with van der Waals surface area (Å²) in [6, 6.07) is 0. The molecule has 0 N–H and O–H groups in total. The summed E-state index contributed by atoms with van der Waals surface area (Å²) in [5.74, 6) is 0.0751. The zero-order valence-corrected chi connectivity index (χ0v) is 8.09. The lowest BCUT2D eigenvalue weighted by molar-refractivity contribution is 0.588. The Kier molecular flexibility index (Phi) is 3.03. The van der Waals surface area contributed by atoms with Crippen LogP contribution in [0.4, 0.5) is 0 Å². The van der Waals surface area contributed by atoms with Gasteiger partial charge in [-0.3, -0.25) is 0 Å². The fourth-order valence-electron chi connectivity index (χ4n) is 0.516. The fourth-order valence-corrected chi connectivity index (χ4v) is 4.64. The van der Waals surface area contributed by atoms with Crippen molar-refractivity contribution in [2.24, 2.45) is 0 Å². The number of sulfone groups is 1. The minimum Gasteiger partial charge on any atom is -0.224 e. The van der Waals surface area contributed by atoms with E-state index in [1.165, 1.54) is 12.5 Å². The Labute approximate surface area is 63.2 Å². The van der Waals surface area contributed by atoms with E-state index in [4.69, 9.17) is 0 Å². The lowest BCUT2D eigenvalue weighted by Crippen LogP contribution is -2.20. The van der Waals surface area contributed by atoms with Crippen LogP contribution in [0.5, 0.6) is 0 Å². The predicted molar refractivity (Wildman–Crippen MR) is 44.2 cm³/mol. The molecule has 0 aromatic carbocycles. The van der Waals surface area contributed by atoms with Gasteiger partial charge in [0.15, 0.2) is 9.84 Å². The van der Waals surface area contributed by atoms with Gasteiger partial charge in [0.05, 0.1) is 15.7 Å². The second-order valence-electron chi connectivity index (χ2n) is 2.59. The first-order valence-corrected chi connectivity index (χ1v) is 7.25. The predicted octanol–water partition coefficient (Wildman–Crippen LogP) is 0.138. The highest BCUT2D eigenvalue weighted by molar-refractivity contribution is 8.13. The summed E-state index contributed by atoms with van der Waals surface area (Å²) < 4.78 is 32.7. The maximum Gasteiger partial charge on any atom is 0.211 e. The van der Waals surface area contributed by atoms with Crippen LogP contribution in [-0.2, 0) is 24.0 Å². The van der Waals surface area contributed by atoms with Crippen LogP contribution >= 0.6 is 0 Å². The fraction of sp³-hybridized carbons (Fsp3) is 1.00. The molecule has 0 unspecified atom stereocenters. The van der Waals surface area contributed by atoms with Gasteiger partial charge in [-0.15, -0.1) is 4.21 Å². The molecule has 0 saturated carbocycles. The van der Waals surface area contributed by atoms with E-state index >= 15 is 0 Å². The molecule has 0 saturated heterocycles. The monoisotopic (exact) mass is 185 g/mol. The van der Waals surface area contributed by atoms with E-state index in [-0.39, 0.29) is 10.8 Å². The lowest BCUT2D eigenvalue weighted by Gasteiger charge is -1.99. The van der Waals surface area contributed by atoms with Gasteiger partial charge in [0.1, 0.15) is 12.5 Å². The molecule has 0 aromatic heterocycles. The van der Waals surface area contributed by atoms with Crippen LogP contribution in [0, 0.1) is 0 Å². The summed E-state index contributed by atoms with van der Waals surface area (Å²) in [4.78, 5) is 0. The van der Waals surface area contributed by atoms with Gasteiger partial charge < -0.3 is 0 Å². The molecule has 0 aliphatic heterocycles. The van der Waals surface area contributed by atoms with Crippen LogP contribution in [0.15, 0.2) is 0 Å². The zero-order valence-electron chi connectivity index (χ0n) is 6.46. The molecule has 0 atom stereocenters. The Morgan fingerprint density at radius 3 is 1.80 bits per heavy atom. The maximum atomic E-state index is 11.0. The molecule has 10 heavy (non-hydrogen) atoms. The molecule has 62 valence electrons. The van der Waals surface area contributed by atoms with Gasteiger partial charge in [-0.25, -0.2) is 8.42 Å². The van der Waals surface area contributed by atoms with E-state index in [1.54, 1.807) is 6.92 Å². The minimum absolute atomic E-state index is 0.0751. The number of hydrogen-bond acceptors (Lipinski definition) is 3. The van der Waals surface area contributed by atoms with E-state index in [9.17, 15) is 12.6 Å². The van der Waals surface area contributed by atoms with Crippen LogP contribution in [0.3, 0.4) is 0 Å². The first kappa shape index (κ1) is 10.1. The third kappa shape index (κ3) is 4.93. The van der Waals surface area contributed by atoms with Crippen LogP contribution in [0.1, 0.15) is 6.92 Å². The quantitative estimate of drug-likeness (QED) is 0.588. The Balaban J connectivity index is 4.33. The third-order valence-corrected chi connectivity index (χ3v) is 5.49. The van der Waals surface area contributed by atoms with Crippen LogP contribution in [-0.4, -0.2) is 31.8 Å². The van der Waals surface area contributed by atoms with Gasteiger partial charge in [-0.2, -0.15) is 0 Å². The van der Waals surface area contributed by atoms with Crippen molar-refractivity contribution in [2.45, 2.75) is 6.92 Å². The largest absolute Gasteiger partial charge is 0.224 e. The van der Waals surface area contributed by atoms with Gasteiger partial charge in [0.2, 0.25) is 5.08 Å². The molecule has 0 aliphatic rings. The van der Waals surface area contributed by atoms with E-state index in [0.717, 1.165) is 0 Å². The molecular weight excluding hydrogens is 172 g/mol. The highest BCUT2D eigenvalue weighted by atomic mass is 32.3. The average Bonchev–Trinajstić information content (AvgIpc) is 1.60. The Morgan fingerprint density at radius 1 is 1.30 bits per heavy atom. The van der Waals surface area contributed by atoms with Gasteiger partial charge in [-0.05, 0) is 0 Å². The average molecular weight is 185 g/mol. The standard InChI is InChI=1S/C5H13O3S2/c1-4-10(7,8)5-9(2,3)6/h4-5H2,1-3H3/q+1. The van der Waals surface area contributed by atoms with E-state index < -0.39 is 19.8 Å². The Bertz CT molecular complexity index is 234. The van der Waals surface area contributed by atoms with Crippen molar-refractivity contribution in [3.63, 3.8) is 0 Å². The summed E-state index contributed by atoms with van der Waals surface area (Å²) >= 11 is 0. The molecule has 0 rings (SSSR count). The van der Waals surface area contributed by atoms with Crippen molar-refractivity contribution in [2.75, 3.05) is 23.3 Å². The number of hydrogen-bond donors (Lipinski definition) is 0. The molecule has 0 aromatic rings. The van der Waals surface area contributed by atoms with Gasteiger partial charge in [0.25, 0.3) is 0 Å². The Hall–Kier alpha value is 0.1000. The van der Waals surface area contributed by atoms with Crippen molar-refractivity contribution in [1.29, 1.82) is 0 Å². The second kappa shape index (κ2) is 3.00. The highest BCUT2D eigenvalue weighted by Gasteiger charge is 2.22. The molecular formula is C5H13O3S2+. The van der Waals surface area contributed by atoms with E-state index in [2.05, 4.69) is 0 Å². The van der Waals surface area contributed by atoms with E-state index in [0.29, 0.717) is 0 Å². The topological polar surface area (TPSA) is 51.2 Å². The van der Waals surface area contributed by atoms with Crippen molar-refractivity contribution in [1.82, 2.24) is 0 Å². The molecule has 0 heterocycles. The minimum atomic E-state index is -3.05. The summed E-state index contributed by atoms with van der Waals surface area (Å²) in [5, 5.41) is -0.184. The summed E-state index contributed by atoms with van der Waals surface area (Å²) in [7, 11) is -5.18. The third-order valence-electron chi connectivity index (χ3n) is 0.903. The molecule has 0 radical (unpaired) electrons. The molecule has 0 fully saturated rings. The van der Waals surface area contributed by atoms with Crippen LogP contribution < -0.4 is 0 Å². The summed E-state index contributed by atoms with van der Waals surface area (Å²) in [6.07, 6.45) is 2.92.